The zero-order valence-corrected chi connectivity index (χ0v) is 7.13. The standard InChI is InChI=1S/6FH.Hf.H3N/h6*1H;;1H3/q;;;;;;+4;/p-4. The molecule has 8 heavy (non-hydrogen) atoms. The van der Waals surface area contributed by atoms with Gasteiger partial charge in [0.2, 0.25) is 0 Å². The monoisotopic (exact) mass is 313 g/mol. The van der Waals surface area contributed by atoms with Crippen molar-refractivity contribution in [3.05, 3.63) is 0 Å². The van der Waals surface area contributed by atoms with Crippen LogP contribution in [-0.2, 0) is 25.8 Å². The van der Waals surface area contributed by atoms with Crippen LogP contribution in [0.25, 0.3) is 0 Å². The summed E-state index contributed by atoms with van der Waals surface area (Å²) in [4.78, 5) is 0. The van der Waals surface area contributed by atoms with E-state index in [0.29, 0.717) is 0 Å². The van der Waals surface area contributed by atoms with E-state index < -0.39 is 0 Å². The number of rotatable bonds is 0. The summed E-state index contributed by atoms with van der Waals surface area (Å²) in [5.74, 6) is 0. The van der Waals surface area contributed by atoms with Crippen LogP contribution < -0.4 is 25.0 Å². The average molecular weight is 312 g/mol. The fraction of sp³-hybridized carbons (Fsp3) is 0. The largest absolute Gasteiger partial charge is 4.00 e. The maximum Gasteiger partial charge on any atom is 4.00 e. The van der Waals surface area contributed by atoms with E-state index in [-0.39, 0.29) is 60.2 Å². The van der Waals surface area contributed by atoms with Crippen LogP contribution in [0, 0.1) is 0 Å². The summed E-state index contributed by atoms with van der Waals surface area (Å²) >= 11 is 0. The Labute approximate surface area is 60.8 Å². The third kappa shape index (κ3) is 1120. The summed E-state index contributed by atoms with van der Waals surface area (Å²) in [6, 6.07) is 0. The van der Waals surface area contributed by atoms with Crippen LogP contribution in [0.3, 0.4) is 0 Å². The molecule has 0 aromatic heterocycles. The van der Waals surface area contributed by atoms with E-state index in [1.807, 2.05) is 0 Å². The molecule has 0 saturated carbocycles. The van der Waals surface area contributed by atoms with Crippen LogP contribution in [0.15, 0.2) is 0 Å². The maximum atomic E-state index is 0. The summed E-state index contributed by atoms with van der Waals surface area (Å²) in [7, 11) is 0. The molecule has 0 amide bonds. The molecule has 0 unspecified atom stereocenters. The molecule has 0 spiro atoms. The Morgan fingerprint density at radius 3 is 0.500 bits per heavy atom. The third-order valence-corrected chi connectivity index (χ3v) is 0. The molecule has 0 aliphatic heterocycles. The number of halogens is 6. The number of hydrogen-bond acceptors (Lipinski definition) is 1. The first kappa shape index (κ1) is 2750. The second-order valence-electron chi connectivity index (χ2n) is 0. The van der Waals surface area contributed by atoms with Crippen molar-refractivity contribution in [3.63, 3.8) is 0 Å². The SMILES string of the molecule is F.F.N.[F-].[F-].[F-].[F-].[Hf+4]. The summed E-state index contributed by atoms with van der Waals surface area (Å²) in [6.45, 7) is 0. The molecular weight excluding hydrogens is 306 g/mol. The van der Waals surface area contributed by atoms with Gasteiger partial charge in [0.15, 0.2) is 0 Å². The van der Waals surface area contributed by atoms with E-state index in [1.54, 1.807) is 0 Å². The minimum absolute atomic E-state index is 0. The maximum absolute atomic E-state index is 0. The topological polar surface area (TPSA) is 35.0 Å². The van der Waals surface area contributed by atoms with Crippen molar-refractivity contribution in [2.75, 3.05) is 0 Å². The van der Waals surface area contributed by atoms with E-state index >= 15 is 0 Å². The molecule has 0 atom stereocenters. The second-order valence-corrected chi connectivity index (χ2v) is 0. The molecular formula is H5F6HfN. The van der Waals surface area contributed by atoms with Gasteiger partial charge in [-0.15, -0.1) is 0 Å². The van der Waals surface area contributed by atoms with Crippen molar-refractivity contribution >= 4 is 0 Å². The summed E-state index contributed by atoms with van der Waals surface area (Å²) < 4.78 is 0. The van der Waals surface area contributed by atoms with Gasteiger partial charge in [0.1, 0.15) is 0 Å². The first-order valence-electron chi connectivity index (χ1n) is 0. The van der Waals surface area contributed by atoms with Gasteiger partial charge in [-0.05, 0) is 0 Å². The first-order valence-corrected chi connectivity index (χ1v) is 0. The molecule has 0 aliphatic rings. The molecule has 0 bridgehead atoms. The van der Waals surface area contributed by atoms with Crippen LogP contribution >= 0.6 is 0 Å². The number of hydrogen-bond donors (Lipinski definition) is 1. The fourth-order valence-electron chi connectivity index (χ4n) is 0. The quantitative estimate of drug-likeness (QED) is 0.350. The van der Waals surface area contributed by atoms with Gasteiger partial charge in [0, 0.05) is 0 Å². The Hall–Kier alpha value is 0.410. The Morgan fingerprint density at radius 1 is 0.500 bits per heavy atom. The molecule has 0 radical (unpaired) electrons. The second kappa shape index (κ2) is 1810. The van der Waals surface area contributed by atoms with Gasteiger partial charge in [-0.25, -0.2) is 0 Å². The normalized spacial score (nSPS) is 0. The molecule has 0 rings (SSSR count). The minimum atomic E-state index is 0. The van der Waals surface area contributed by atoms with Crippen LogP contribution in [0.5, 0.6) is 0 Å². The summed E-state index contributed by atoms with van der Waals surface area (Å²) in [6.07, 6.45) is 0. The van der Waals surface area contributed by atoms with Gasteiger partial charge in [0.05, 0.1) is 0 Å². The molecule has 0 heterocycles. The van der Waals surface area contributed by atoms with Crippen molar-refractivity contribution in [1.82, 2.24) is 6.15 Å². The molecule has 8 heteroatoms. The Bertz CT molecular complexity index is 8.49. The van der Waals surface area contributed by atoms with Gasteiger partial charge < -0.3 is 25.0 Å². The Balaban J connectivity index is 0. The fourth-order valence-corrected chi connectivity index (χ4v) is 0. The van der Waals surface area contributed by atoms with Crippen molar-refractivity contribution in [2.45, 2.75) is 0 Å². The van der Waals surface area contributed by atoms with Crippen LogP contribution in [0.1, 0.15) is 0 Å². The molecule has 56 valence electrons. The molecule has 0 aromatic rings. The Kier molecular flexibility index (Phi) is 621000. The van der Waals surface area contributed by atoms with Gasteiger partial charge in [0.25, 0.3) is 0 Å². The van der Waals surface area contributed by atoms with E-state index in [4.69, 9.17) is 0 Å². The predicted molar refractivity (Wildman–Crippen MR) is 10.0 cm³/mol. The first-order chi connectivity index (χ1) is 0. The van der Waals surface area contributed by atoms with E-state index in [2.05, 4.69) is 0 Å². The average Bonchev–Trinajstić information content (AvgIpc) is 0. The van der Waals surface area contributed by atoms with Gasteiger partial charge in [-0.2, -0.15) is 0 Å². The van der Waals surface area contributed by atoms with E-state index in [1.165, 1.54) is 0 Å². The van der Waals surface area contributed by atoms with Crippen molar-refractivity contribution in [3.8, 4) is 0 Å². The van der Waals surface area contributed by atoms with E-state index in [9.17, 15) is 0 Å². The van der Waals surface area contributed by atoms with Gasteiger partial charge in [-0.3, -0.25) is 9.41 Å². The van der Waals surface area contributed by atoms with Gasteiger partial charge in [-0.1, -0.05) is 0 Å². The van der Waals surface area contributed by atoms with Crippen molar-refractivity contribution in [2.24, 2.45) is 0 Å². The molecule has 1 nitrogen and oxygen atoms in total. The third-order valence-electron chi connectivity index (χ3n) is 0. The molecule has 0 aromatic carbocycles. The predicted octanol–water partition coefficient (Wildman–Crippen LogP) is -11.5. The van der Waals surface area contributed by atoms with Crippen molar-refractivity contribution < 1.29 is 54.1 Å². The van der Waals surface area contributed by atoms with Crippen LogP contribution in [0.2, 0.25) is 0 Å². The molecule has 0 saturated heterocycles. The molecule has 3 N–H and O–H groups in total. The zero-order chi connectivity index (χ0) is 0. The molecule has 0 fully saturated rings. The zero-order valence-electron chi connectivity index (χ0n) is 3.54. The Morgan fingerprint density at radius 2 is 0.500 bits per heavy atom. The van der Waals surface area contributed by atoms with Crippen molar-refractivity contribution in [1.29, 1.82) is 0 Å². The summed E-state index contributed by atoms with van der Waals surface area (Å²) in [5.41, 5.74) is 0. The smallest absolute Gasteiger partial charge is 1.00 e. The molecule has 0 aliphatic carbocycles. The van der Waals surface area contributed by atoms with Crippen LogP contribution in [-0.4, -0.2) is 0 Å². The summed E-state index contributed by atoms with van der Waals surface area (Å²) in [5, 5.41) is 0. The van der Waals surface area contributed by atoms with Crippen LogP contribution in [0.4, 0.5) is 9.41 Å². The van der Waals surface area contributed by atoms with Gasteiger partial charge >= 0.3 is 25.8 Å². The minimum Gasteiger partial charge on any atom is -1.00 e. The van der Waals surface area contributed by atoms with E-state index in [0.717, 1.165) is 0 Å².